The van der Waals surface area contributed by atoms with Gasteiger partial charge in [0, 0.05) is 6.07 Å². The Morgan fingerprint density at radius 1 is 1.33 bits per heavy atom. The third kappa shape index (κ3) is 1.32. The predicted molar refractivity (Wildman–Crippen MR) is 41.7 cm³/mol. The molecule has 4 heteroatoms. The Morgan fingerprint density at radius 3 is 2.50 bits per heavy atom. The summed E-state index contributed by atoms with van der Waals surface area (Å²) >= 11 is 0. The van der Waals surface area contributed by atoms with Crippen LogP contribution in [0, 0.1) is 0 Å². The van der Waals surface area contributed by atoms with E-state index in [2.05, 4.69) is 0 Å². The molecule has 0 saturated heterocycles. The van der Waals surface area contributed by atoms with Gasteiger partial charge in [-0.15, -0.1) is 0 Å². The third-order valence-corrected chi connectivity index (χ3v) is 1.46. The summed E-state index contributed by atoms with van der Waals surface area (Å²) in [6.45, 7) is 0. The molecular formula is C8H8O4. The molecule has 0 heterocycles. The molecule has 0 aliphatic carbocycles. The third-order valence-electron chi connectivity index (χ3n) is 1.46. The molecule has 0 radical (unpaired) electrons. The summed E-state index contributed by atoms with van der Waals surface area (Å²) in [7, 11) is 1.36. The second-order valence-corrected chi connectivity index (χ2v) is 2.20. The van der Waals surface area contributed by atoms with Crippen molar-refractivity contribution in [3.05, 3.63) is 17.7 Å². The van der Waals surface area contributed by atoms with Gasteiger partial charge in [-0.1, -0.05) is 0 Å². The van der Waals surface area contributed by atoms with Gasteiger partial charge in [-0.3, -0.25) is 4.79 Å². The highest BCUT2D eigenvalue weighted by atomic mass is 16.5. The Bertz CT molecular complexity index is 306. The van der Waals surface area contributed by atoms with Gasteiger partial charge in [0.05, 0.1) is 12.7 Å². The Morgan fingerprint density at radius 2 is 2.00 bits per heavy atom. The maximum atomic E-state index is 10.3. The zero-order valence-electron chi connectivity index (χ0n) is 6.44. The fourth-order valence-electron chi connectivity index (χ4n) is 0.832. The summed E-state index contributed by atoms with van der Waals surface area (Å²) in [5.74, 6) is -0.241. The van der Waals surface area contributed by atoms with Gasteiger partial charge in [0.1, 0.15) is 5.75 Å². The summed E-state index contributed by atoms with van der Waals surface area (Å²) < 4.78 is 4.70. The Kier molecular flexibility index (Phi) is 2.19. The average Bonchev–Trinajstić information content (AvgIpc) is 2.08. The first-order valence-corrected chi connectivity index (χ1v) is 3.24. The van der Waals surface area contributed by atoms with Gasteiger partial charge >= 0.3 is 0 Å². The molecule has 0 unspecified atom stereocenters. The van der Waals surface area contributed by atoms with Gasteiger partial charge in [-0.05, 0) is 6.07 Å². The van der Waals surface area contributed by atoms with Gasteiger partial charge in [0.25, 0.3) is 0 Å². The van der Waals surface area contributed by atoms with E-state index in [4.69, 9.17) is 14.9 Å². The molecule has 0 amide bonds. The number of carbonyl (C=O) groups excluding carboxylic acids is 1. The van der Waals surface area contributed by atoms with E-state index in [-0.39, 0.29) is 22.8 Å². The summed E-state index contributed by atoms with van der Waals surface area (Å²) in [5.41, 5.74) is 0.0355. The number of carbonyl (C=O) groups is 1. The first kappa shape index (κ1) is 8.39. The number of methoxy groups -OCH3 is 1. The molecule has 0 aliphatic rings. The molecule has 0 fully saturated rings. The van der Waals surface area contributed by atoms with E-state index >= 15 is 0 Å². The van der Waals surface area contributed by atoms with Gasteiger partial charge in [-0.2, -0.15) is 0 Å². The van der Waals surface area contributed by atoms with Crippen molar-refractivity contribution in [2.75, 3.05) is 7.11 Å². The zero-order chi connectivity index (χ0) is 9.14. The lowest BCUT2D eigenvalue weighted by molar-refractivity contribution is 0.112. The highest BCUT2D eigenvalue weighted by Crippen LogP contribution is 2.31. The van der Waals surface area contributed by atoms with Crippen LogP contribution in [0.1, 0.15) is 10.4 Å². The van der Waals surface area contributed by atoms with Crippen molar-refractivity contribution in [2.24, 2.45) is 0 Å². The molecule has 0 aromatic heterocycles. The average molecular weight is 168 g/mol. The second-order valence-electron chi connectivity index (χ2n) is 2.20. The molecule has 0 atom stereocenters. The monoisotopic (exact) mass is 168 g/mol. The van der Waals surface area contributed by atoms with Crippen LogP contribution in [0.4, 0.5) is 0 Å². The molecular weight excluding hydrogens is 160 g/mol. The van der Waals surface area contributed by atoms with Crippen LogP contribution >= 0.6 is 0 Å². The van der Waals surface area contributed by atoms with E-state index < -0.39 is 0 Å². The molecule has 2 N–H and O–H groups in total. The van der Waals surface area contributed by atoms with Crippen molar-refractivity contribution in [1.82, 2.24) is 0 Å². The van der Waals surface area contributed by atoms with Gasteiger partial charge < -0.3 is 14.9 Å². The molecule has 12 heavy (non-hydrogen) atoms. The lowest BCUT2D eigenvalue weighted by Crippen LogP contribution is -1.86. The van der Waals surface area contributed by atoms with Crippen LogP contribution in [-0.2, 0) is 0 Å². The highest BCUT2D eigenvalue weighted by molar-refractivity contribution is 5.80. The van der Waals surface area contributed by atoms with Crippen molar-refractivity contribution >= 4 is 6.29 Å². The van der Waals surface area contributed by atoms with E-state index in [0.29, 0.717) is 6.29 Å². The zero-order valence-corrected chi connectivity index (χ0v) is 6.44. The topological polar surface area (TPSA) is 66.8 Å². The van der Waals surface area contributed by atoms with E-state index in [9.17, 15) is 4.79 Å². The molecule has 64 valence electrons. The van der Waals surface area contributed by atoms with Gasteiger partial charge in [-0.25, -0.2) is 0 Å². The van der Waals surface area contributed by atoms with Gasteiger partial charge in [0.2, 0.25) is 0 Å². The van der Waals surface area contributed by atoms with Crippen LogP contribution in [-0.4, -0.2) is 23.6 Å². The molecule has 0 spiro atoms. The molecule has 1 aromatic rings. The fraction of sp³-hybridized carbons (Fsp3) is 0.125. The normalized spacial score (nSPS) is 9.42. The minimum atomic E-state index is -0.209. The number of ether oxygens (including phenoxy) is 1. The molecule has 0 bridgehead atoms. The van der Waals surface area contributed by atoms with Crippen LogP contribution in [0.2, 0.25) is 0 Å². The van der Waals surface area contributed by atoms with Crippen molar-refractivity contribution < 1.29 is 19.7 Å². The largest absolute Gasteiger partial charge is 0.507 e. The number of benzene rings is 1. The number of hydrogen-bond donors (Lipinski definition) is 2. The highest BCUT2D eigenvalue weighted by Gasteiger charge is 2.07. The summed E-state index contributed by atoms with van der Waals surface area (Å²) in [4.78, 5) is 10.3. The Balaban J connectivity index is 3.25. The van der Waals surface area contributed by atoms with Crippen LogP contribution in [0.5, 0.6) is 17.2 Å². The minimum Gasteiger partial charge on any atom is -0.507 e. The number of aromatic hydroxyl groups is 2. The molecule has 1 rings (SSSR count). The van der Waals surface area contributed by atoms with E-state index in [0.717, 1.165) is 6.07 Å². The first-order chi connectivity index (χ1) is 5.69. The van der Waals surface area contributed by atoms with E-state index in [1.54, 1.807) is 0 Å². The quantitative estimate of drug-likeness (QED) is 0.509. The Hall–Kier alpha value is -1.71. The van der Waals surface area contributed by atoms with E-state index in [1.807, 2.05) is 0 Å². The molecule has 1 aromatic carbocycles. The lowest BCUT2D eigenvalue weighted by atomic mass is 10.2. The maximum Gasteiger partial charge on any atom is 0.164 e. The smallest absolute Gasteiger partial charge is 0.164 e. The van der Waals surface area contributed by atoms with Crippen LogP contribution in [0.25, 0.3) is 0 Å². The van der Waals surface area contributed by atoms with Crippen molar-refractivity contribution in [3.8, 4) is 17.2 Å². The summed E-state index contributed by atoms with van der Waals surface area (Å²) in [6, 6.07) is 2.32. The lowest BCUT2D eigenvalue weighted by Gasteiger charge is -2.04. The Labute approximate surface area is 69.0 Å². The SMILES string of the molecule is COc1cc(O)c(C=O)cc1O. The summed E-state index contributed by atoms with van der Waals surface area (Å²) in [5, 5.41) is 18.3. The van der Waals surface area contributed by atoms with Crippen molar-refractivity contribution in [1.29, 1.82) is 0 Å². The standard InChI is InChI=1S/C8H8O4/c1-12-8-3-6(10)5(4-9)2-7(8)11/h2-4,10-11H,1H3. The molecule has 0 aliphatic heterocycles. The number of aldehydes is 1. The van der Waals surface area contributed by atoms with Crippen LogP contribution < -0.4 is 4.74 Å². The number of phenols is 2. The van der Waals surface area contributed by atoms with Crippen molar-refractivity contribution in [3.63, 3.8) is 0 Å². The number of hydrogen-bond acceptors (Lipinski definition) is 4. The van der Waals surface area contributed by atoms with Crippen molar-refractivity contribution in [2.45, 2.75) is 0 Å². The number of rotatable bonds is 2. The van der Waals surface area contributed by atoms with Crippen LogP contribution in [0.15, 0.2) is 12.1 Å². The maximum absolute atomic E-state index is 10.3. The summed E-state index contributed by atoms with van der Waals surface area (Å²) in [6.07, 6.45) is 0.453. The van der Waals surface area contributed by atoms with E-state index in [1.165, 1.54) is 13.2 Å². The molecule has 0 saturated carbocycles. The fourth-order valence-corrected chi connectivity index (χ4v) is 0.832. The van der Waals surface area contributed by atoms with Gasteiger partial charge in [0.15, 0.2) is 17.8 Å². The predicted octanol–water partition coefficient (Wildman–Crippen LogP) is 0.919. The van der Waals surface area contributed by atoms with Crippen LogP contribution in [0.3, 0.4) is 0 Å². The first-order valence-electron chi connectivity index (χ1n) is 3.24. The second kappa shape index (κ2) is 3.13. The molecule has 4 nitrogen and oxygen atoms in total. The number of phenolic OH excluding ortho intramolecular Hbond substituents is 2. The minimum absolute atomic E-state index is 0.0355.